The van der Waals surface area contributed by atoms with Crippen LogP contribution >= 0.6 is 0 Å². The van der Waals surface area contributed by atoms with E-state index in [1.165, 1.54) is 5.56 Å². The van der Waals surface area contributed by atoms with E-state index in [2.05, 4.69) is 37.5 Å². The van der Waals surface area contributed by atoms with Gasteiger partial charge in [0.2, 0.25) is 0 Å². The average Bonchev–Trinajstić information content (AvgIpc) is 2.35. The number of para-hydroxylation sites is 1. The third-order valence-electron chi connectivity index (χ3n) is 3.64. The van der Waals surface area contributed by atoms with Gasteiger partial charge in [-0.1, -0.05) is 32.0 Å². The summed E-state index contributed by atoms with van der Waals surface area (Å²) in [5.74, 6) is 7.78. The van der Waals surface area contributed by atoms with Crippen LogP contribution in [0.5, 0.6) is 5.75 Å². The molecule has 0 aromatic heterocycles. The third kappa shape index (κ3) is 2.79. The molecule has 0 saturated heterocycles. The van der Waals surface area contributed by atoms with Crippen LogP contribution < -0.4 is 16.0 Å². The minimum atomic E-state index is 0.367. The normalized spacial score (nSPS) is 20.8. The van der Waals surface area contributed by atoms with Crippen molar-refractivity contribution in [1.29, 1.82) is 0 Å². The van der Waals surface area contributed by atoms with E-state index in [4.69, 9.17) is 10.6 Å². The van der Waals surface area contributed by atoms with Gasteiger partial charge in [-0.05, 0) is 36.3 Å². The van der Waals surface area contributed by atoms with Gasteiger partial charge in [0.1, 0.15) is 5.75 Å². The molecule has 2 rings (SSSR count). The van der Waals surface area contributed by atoms with Crippen LogP contribution in [0.1, 0.15) is 38.2 Å². The van der Waals surface area contributed by atoms with Crippen molar-refractivity contribution >= 4 is 0 Å². The highest BCUT2D eigenvalue weighted by Crippen LogP contribution is 2.36. The van der Waals surface area contributed by atoms with E-state index >= 15 is 0 Å². The van der Waals surface area contributed by atoms with Crippen LogP contribution in [0.15, 0.2) is 24.3 Å². The molecule has 94 valence electrons. The molecule has 1 aromatic carbocycles. The Labute approximate surface area is 103 Å². The summed E-state index contributed by atoms with van der Waals surface area (Å²) in [6.45, 7) is 5.22. The molecule has 0 saturated carbocycles. The van der Waals surface area contributed by atoms with Gasteiger partial charge >= 0.3 is 0 Å². The monoisotopic (exact) mass is 234 g/mol. The molecule has 0 aliphatic carbocycles. The predicted molar refractivity (Wildman–Crippen MR) is 69.9 cm³/mol. The Morgan fingerprint density at radius 1 is 1.41 bits per heavy atom. The van der Waals surface area contributed by atoms with Crippen molar-refractivity contribution in [3.63, 3.8) is 0 Å². The van der Waals surface area contributed by atoms with Gasteiger partial charge in [-0.3, -0.25) is 11.3 Å². The van der Waals surface area contributed by atoms with Crippen molar-refractivity contribution < 1.29 is 4.74 Å². The van der Waals surface area contributed by atoms with Gasteiger partial charge in [-0.25, -0.2) is 0 Å². The van der Waals surface area contributed by atoms with Gasteiger partial charge in [-0.15, -0.1) is 0 Å². The van der Waals surface area contributed by atoms with E-state index in [0.29, 0.717) is 17.9 Å². The second-order valence-electron chi connectivity index (χ2n) is 5.12. The first-order valence-electron chi connectivity index (χ1n) is 6.40. The molecule has 1 heterocycles. The fourth-order valence-electron chi connectivity index (χ4n) is 2.50. The van der Waals surface area contributed by atoms with Crippen molar-refractivity contribution in [2.45, 2.75) is 38.6 Å². The Morgan fingerprint density at radius 2 is 2.18 bits per heavy atom. The van der Waals surface area contributed by atoms with Gasteiger partial charge in [-0.2, -0.15) is 0 Å². The highest BCUT2D eigenvalue weighted by Gasteiger charge is 2.25. The van der Waals surface area contributed by atoms with E-state index in [-0.39, 0.29) is 0 Å². The molecule has 3 nitrogen and oxygen atoms in total. The van der Waals surface area contributed by atoms with Crippen LogP contribution in [0.4, 0.5) is 0 Å². The third-order valence-corrected chi connectivity index (χ3v) is 3.64. The lowest BCUT2D eigenvalue weighted by molar-refractivity contribution is 0.246. The van der Waals surface area contributed by atoms with E-state index in [0.717, 1.165) is 25.2 Å². The lowest BCUT2D eigenvalue weighted by atomic mass is 9.85. The van der Waals surface area contributed by atoms with Crippen molar-refractivity contribution in [2.75, 3.05) is 6.61 Å². The predicted octanol–water partition coefficient (Wildman–Crippen LogP) is 2.43. The van der Waals surface area contributed by atoms with E-state index in [1.807, 2.05) is 6.07 Å². The fourth-order valence-corrected chi connectivity index (χ4v) is 2.50. The highest BCUT2D eigenvalue weighted by atomic mass is 16.5. The number of rotatable bonds is 4. The molecule has 3 N–H and O–H groups in total. The van der Waals surface area contributed by atoms with E-state index in [1.54, 1.807) is 0 Å². The lowest BCUT2D eigenvalue weighted by Crippen LogP contribution is -2.40. The molecular formula is C14H22N2O. The quantitative estimate of drug-likeness (QED) is 0.621. The number of hydrogen-bond acceptors (Lipinski definition) is 3. The first kappa shape index (κ1) is 12.4. The van der Waals surface area contributed by atoms with Gasteiger partial charge < -0.3 is 4.74 Å². The molecule has 0 spiro atoms. The molecule has 1 aliphatic heterocycles. The summed E-state index contributed by atoms with van der Waals surface area (Å²) in [6.07, 6.45) is 2.16. The van der Waals surface area contributed by atoms with Crippen LogP contribution in [0.3, 0.4) is 0 Å². The van der Waals surface area contributed by atoms with Crippen LogP contribution in [0, 0.1) is 5.92 Å². The van der Waals surface area contributed by atoms with Gasteiger partial charge in [0.15, 0.2) is 0 Å². The second kappa shape index (κ2) is 5.52. The zero-order valence-corrected chi connectivity index (χ0v) is 10.6. The van der Waals surface area contributed by atoms with E-state index < -0.39 is 0 Å². The van der Waals surface area contributed by atoms with Crippen LogP contribution in [0.25, 0.3) is 0 Å². The smallest absolute Gasteiger partial charge is 0.122 e. The highest BCUT2D eigenvalue weighted by molar-refractivity contribution is 5.37. The molecule has 2 atom stereocenters. The Hall–Kier alpha value is -1.06. The zero-order chi connectivity index (χ0) is 12.3. The first-order valence-corrected chi connectivity index (χ1v) is 6.40. The van der Waals surface area contributed by atoms with Crippen LogP contribution in [-0.2, 0) is 0 Å². The van der Waals surface area contributed by atoms with Gasteiger partial charge in [0.05, 0.1) is 6.61 Å². The molecule has 2 unspecified atom stereocenters. The standard InChI is InChI=1S/C14H22N2O/c1-10(2)13(16-15)9-11-7-8-17-14-6-4-3-5-12(11)14/h3-6,10-11,13,16H,7-9,15H2,1-2H3. The second-order valence-corrected chi connectivity index (χ2v) is 5.12. The van der Waals surface area contributed by atoms with Gasteiger partial charge in [0.25, 0.3) is 0 Å². The lowest BCUT2D eigenvalue weighted by Gasteiger charge is -2.30. The molecule has 1 aromatic rings. The number of hydrazine groups is 1. The van der Waals surface area contributed by atoms with Crippen molar-refractivity contribution in [1.82, 2.24) is 5.43 Å². The summed E-state index contributed by atoms with van der Waals surface area (Å²) in [7, 11) is 0. The largest absolute Gasteiger partial charge is 0.493 e. The number of hydrogen-bond donors (Lipinski definition) is 2. The fraction of sp³-hybridized carbons (Fsp3) is 0.571. The minimum absolute atomic E-state index is 0.367. The number of fused-ring (bicyclic) bond motifs is 1. The molecule has 0 radical (unpaired) electrons. The summed E-state index contributed by atoms with van der Waals surface area (Å²) in [5.41, 5.74) is 4.27. The molecule has 0 bridgehead atoms. The summed E-state index contributed by atoms with van der Waals surface area (Å²) >= 11 is 0. The molecular weight excluding hydrogens is 212 g/mol. The maximum atomic E-state index is 5.68. The Kier molecular flexibility index (Phi) is 4.02. The minimum Gasteiger partial charge on any atom is -0.493 e. The van der Waals surface area contributed by atoms with Gasteiger partial charge in [0, 0.05) is 6.04 Å². The maximum absolute atomic E-state index is 5.68. The van der Waals surface area contributed by atoms with Crippen molar-refractivity contribution in [2.24, 2.45) is 11.8 Å². The summed E-state index contributed by atoms with van der Waals surface area (Å²) in [4.78, 5) is 0. The number of nitrogens with two attached hydrogens (primary N) is 1. The topological polar surface area (TPSA) is 47.3 Å². The molecule has 3 heteroatoms. The first-order chi connectivity index (χ1) is 8.22. The number of ether oxygens (including phenoxy) is 1. The van der Waals surface area contributed by atoms with E-state index in [9.17, 15) is 0 Å². The molecule has 1 aliphatic rings. The summed E-state index contributed by atoms with van der Waals surface area (Å²) < 4.78 is 5.68. The molecule has 0 amide bonds. The number of nitrogens with one attached hydrogen (secondary N) is 1. The van der Waals surface area contributed by atoms with Crippen molar-refractivity contribution in [3.8, 4) is 5.75 Å². The zero-order valence-electron chi connectivity index (χ0n) is 10.6. The Bertz CT molecular complexity index is 365. The summed E-state index contributed by atoms with van der Waals surface area (Å²) in [6, 6.07) is 8.71. The molecule has 0 fully saturated rings. The summed E-state index contributed by atoms with van der Waals surface area (Å²) in [5, 5.41) is 0. The van der Waals surface area contributed by atoms with Crippen LogP contribution in [0.2, 0.25) is 0 Å². The molecule has 17 heavy (non-hydrogen) atoms. The SMILES string of the molecule is CC(C)C(CC1CCOc2ccccc21)NN. The Morgan fingerprint density at radius 3 is 2.88 bits per heavy atom. The maximum Gasteiger partial charge on any atom is 0.122 e. The Balaban J connectivity index is 2.13. The van der Waals surface area contributed by atoms with Crippen LogP contribution in [-0.4, -0.2) is 12.6 Å². The average molecular weight is 234 g/mol. The van der Waals surface area contributed by atoms with Crippen molar-refractivity contribution in [3.05, 3.63) is 29.8 Å². The number of benzene rings is 1.